The molecule has 1 heterocycles. The molecular weight excluding hydrogens is 358 g/mol. The normalized spacial score (nSPS) is 10.8. The van der Waals surface area contributed by atoms with Crippen molar-refractivity contribution in [2.45, 2.75) is 5.75 Å². The van der Waals surface area contributed by atoms with Gasteiger partial charge in [0.25, 0.3) is 5.91 Å². The number of halogens is 1. The van der Waals surface area contributed by atoms with E-state index in [2.05, 4.69) is 10.4 Å². The van der Waals surface area contributed by atoms with Gasteiger partial charge in [-0.3, -0.25) is 14.3 Å². The van der Waals surface area contributed by atoms with E-state index in [-0.39, 0.29) is 5.69 Å². The predicted octanol–water partition coefficient (Wildman–Crippen LogP) is 3.70. The molecule has 1 N–H and O–H groups in total. The van der Waals surface area contributed by atoms with Crippen LogP contribution in [0.1, 0.15) is 16.1 Å². The smallest absolute Gasteiger partial charge is 0.280 e. The zero-order valence-electron chi connectivity index (χ0n) is 13.7. The number of rotatable bonds is 4. The molecule has 1 amide bonds. The number of carbonyl (C=O) groups excluding carboxylic acids is 1. The average Bonchev–Trinajstić information content (AvgIpc) is 2.58. The van der Waals surface area contributed by atoms with Gasteiger partial charge in [0.15, 0.2) is 5.69 Å². The second-order valence-electron chi connectivity index (χ2n) is 5.55. The Kier molecular flexibility index (Phi) is 5.11. The number of aryl methyl sites for hydroxylation is 1. The predicted molar refractivity (Wildman–Crippen MR) is 104 cm³/mol. The number of hydrogen-bond donors (Lipinski definition) is 1. The Morgan fingerprint density at radius 2 is 2.08 bits per heavy atom. The first-order valence-electron chi connectivity index (χ1n) is 7.55. The maximum Gasteiger partial charge on any atom is 0.280 e. The van der Waals surface area contributed by atoms with Gasteiger partial charge in [0.2, 0.25) is 5.43 Å². The molecule has 0 unspecified atom stereocenters. The molecule has 7 heteroatoms. The van der Waals surface area contributed by atoms with Crippen molar-refractivity contribution in [3.63, 3.8) is 0 Å². The van der Waals surface area contributed by atoms with Crippen LogP contribution in [0, 0.1) is 0 Å². The zero-order chi connectivity index (χ0) is 18.0. The largest absolute Gasteiger partial charge is 0.320 e. The molecule has 25 heavy (non-hydrogen) atoms. The lowest BCUT2D eigenvalue weighted by atomic mass is 10.2. The topological polar surface area (TPSA) is 64.0 Å². The van der Waals surface area contributed by atoms with Crippen LogP contribution in [0.15, 0.2) is 47.3 Å². The number of amides is 1. The van der Waals surface area contributed by atoms with E-state index in [4.69, 9.17) is 11.6 Å². The van der Waals surface area contributed by atoms with E-state index in [1.807, 2.05) is 24.5 Å². The second-order valence-corrected chi connectivity index (χ2v) is 6.85. The van der Waals surface area contributed by atoms with Gasteiger partial charge in [0.1, 0.15) is 0 Å². The molecule has 0 bridgehead atoms. The molecule has 0 spiro atoms. The lowest BCUT2D eigenvalue weighted by Gasteiger charge is -2.09. The lowest BCUT2D eigenvalue weighted by Crippen LogP contribution is -2.26. The van der Waals surface area contributed by atoms with Gasteiger partial charge in [-0.15, -0.1) is 0 Å². The fraction of sp³-hybridized carbons (Fsp3) is 0.167. The molecule has 5 nitrogen and oxygen atoms in total. The first-order valence-corrected chi connectivity index (χ1v) is 9.32. The van der Waals surface area contributed by atoms with Gasteiger partial charge in [0.05, 0.1) is 10.9 Å². The maximum atomic E-state index is 12.6. The number of nitrogens with zero attached hydrogens (tertiary/aromatic N) is 2. The van der Waals surface area contributed by atoms with Crippen molar-refractivity contribution >= 4 is 45.9 Å². The SMILES string of the molecule is CSCc1cccc(NC(=O)c2nn(C)c3ccc(Cl)cc3c2=O)c1. The average molecular weight is 374 g/mol. The number of benzene rings is 2. The van der Waals surface area contributed by atoms with E-state index >= 15 is 0 Å². The summed E-state index contributed by atoms with van der Waals surface area (Å²) < 4.78 is 1.51. The van der Waals surface area contributed by atoms with E-state index < -0.39 is 11.3 Å². The number of hydrogen-bond acceptors (Lipinski definition) is 4. The molecular formula is C18H16ClN3O2S. The highest BCUT2D eigenvalue weighted by atomic mass is 35.5. The fourth-order valence-electron chi connectivity index (χ4n) is 2.59. The Labute approximate surface area is 154 Å². The molecule has 128 valence electrons. The second kappa shape index (κ2) is 7.29. The minimum atomic E-state index is -0.538. The summed E-state index contributed by atoms with van der Waals surface area (Å²) in [5, 5.41) is 7.68. The highest BCUT2D eigenvalue weighted by molar-refractivity contribution is 7.97. The van der Waals surface area contributed by atoms with Crippen LogP contribution in [0.2, 0.25) is 5.02 Å². The molecule has 3 rings (SSSR count). The summed E-state index contributed by atoms with van der Waals surface area (Å²) in [5.74, 6) is 0.307. The van der Waals surface area contributed by atoms with Crippen LogP contribution in [0.3, 0.4) is 0 Å². The van der Waals surface area contributed by atoms with E-state index in [9.17, 15) is 9.59 Å². The zero-order valence-corrected chi connectivity index (χ0v) is 15.3. The third-order valence-corrected chi connectivity index (χ3v) is 4.58. The lowest BCUT2D eigenvalue weighted by molar-refractivity contribution is 0.101. The van der Waals surface area contributed by atoms with Crippen molar-refractivity contribution in [1.82, 2.24) is 9.78 Å². The van der Waals surface area contributed by atoms with Crippen molar-refractivity contribution in [2.24, 2.45) is 7.05 Å². The summed E-state index contributed by atoms with van der Waals surface area (Å²) in [6.07, 6.45) is 2.01. The summed E-state index contributed by atoms with van der Waals surface area (Å²) in [7, 11) is 1.69. The summed E-state index contributed by atoms with van der Waals surface area (Å²) in [5.41, 5.74) is 1.75. The van der Waals surface area contributed by atoms with Crippen LogP contribution in [0.5, 0.6) is 0 Å². The third-order valence-electron chi connectivity index (χ3n) is 3.73. The van der Waals surface area contributed by atoms with Crippen LogP contribution in [0.25, 0.3) is 10.9 Å². The van der Waals surface area contributed by atoms with E-state index in [0.717, 1.165) is 11.3 Å². The number of nitrogens with one attached hydrogen (secondary N) is 1. The molecule has 0 aliphatic rings. The number of thioether (sulfide) groups is 1. The Hall–Kier alpha value is -2.31. The van der Waals surface area contributed by atoms with Gasteiger partial charge in [-0.05, 0) is 42.2 Å². The fourth-order valence-corrected chi connectivity index (χ4v) is 3.28. The van der Waals surface area contributed by atoms with Crippen LogP contribution in [-0.4, -0.2) is 21.9 Å². The number of carbonyl (C=O) groups is 1. The van der Waals surface area contributed by atoms with Gasteiger partial charge in [-0.25, -0.2) is 0 Å². The number of aromatic nitrogens is 2. The van der Waals surface area contributed by atoms with Crippen LogP contribution >= 0.6 is 23.4 Å². The van der Waals surface area contributed by atoms with Crippen molar-refractivity contribution in [3.05, 3.63) is 69.0 Å². The summed E-state index contributed by atoms with van der Waals surface area (Å²) in [4.78, 5) is 25.2. The molecule has 0 aliphatic heterocycles. The van der Waals surface area contributed by atoms with Gasteiger partial charge in [-0.1, -0.05) is 23.7 Å². The van der Waals surface area contributed by atoms with Gasteiger partial charge in [-0.2, -0.15) is 16.9 Å². The maximum absolute atomic E-state index is 12.6. The highest BCUT2D eigenvalue weighted by Crippen LogP contribution is 2.17. The summed E-state index contributed by atoms with van der Waals surface area (Å²) >= 11 is 7.68. The highest BCUT2D eigenvalue weighted by Gasteiger charge is 2.17. The Balaban J connectivity index is 1.99. The Bertz CT molecular complexity index is 1020. The first-order chi connectivity index (χ1) is 12.0. The molecule has 0 radical (unpaired) electrons. The molecule has 0 fully saturated rings. The standard InChI is InChI=1S/C18H16ClN3O2S/c1-22-15-7-6-12(19)9-14(15)17(23)16(21-22)18(24)20-13-5-3-4-11(8-13)10-25-2/h3-9H,10H2,1-2H3,(H,20,24). The Morgan fingerprint density at radius 3 is 2.84 bits per heavy atom. The molecule has 3 aromatic rings. The first kappa shape index (κ1) is 17.5. The van der Waals surface area contributed by atoms with Gasteiger partial charge in [0, 0.05) is 23.5 Å². The van der Waals surface area contributed by atoms with Crippen LogP contribution < -0.4 is 10.7 Å². The molecule has 0 atom stereocenters. The van der Waals surface area contributed by atoms with Gasteiger partial charge < -0.3 is 5.32 Å². The molecule has 0 aliphatic carbocycles. The Morgan fingerprint density at radius 1 is 1.28 bits per heavy atom. The van der Waals surface area contributed by atoms with Crippen LogP contribution in [0.4, 0.5) is 5.69 Å². The van der Waals surface area contributed by atoms with Crippen molar-refractivity contribution in [3.8, 4) is 0 Å². The molecule has 0 saturated carbocycles. The van der Waals surface area contributed by atoms with Crippen molar-refractivity contribution in [1.29, 1.82) is 0 Å². The third kappa shape index (κ3) is 3.70. The summed E-state index contributed by atoms with van der Waals surface area (Å²) in [6.45, 7) is 0. The minimum absolute atomic E-state index is 0.160. The molecule has 2 aromatic carbocycles. The van der Waals surface area contributed by atoms with Crippen molar-refractivity contribution in [2.75, 3.05) is 11.6 Å². The van der Waals surface area contributed by atoms with E-state index in [0.29, 0.717) is 21.6 Å². The quantitative estimate of drug-likeness (QED) is 0.757. The number of anilines is 1. The van der Waals surface area contributed by atoms with Gasteiger partial charge >= 0.3 is 0 Å². The monoisotopic (exact) mass is 373 g/mol. The minimum Gasteiger partial charge on any atom is -0.320 e. The van der Waals surface area contributed by atoms with E-state index in [1.54, 1.807) is 43.1 Å². The van der Waals surface area contributed by atoms with Crippen molar-refractivity contribution < 1.29 is 4.79 Å². The number of fused-ring (bicyclic) bond motifs is 1. The van der Waals surface area contributed by atoms with E-state index in [1.165, 1.54) is 4.68 Å². The molecule has 0 saturated heterocycles. The van der Waals surface area contributed by atoms with Crippen LogP contribution in [-0.2, 0) is 12.8 Å². The summed E-state index contributed by atoms with van der Waals surface area (Å²) in [6, 6.07) is 12.5. The molecule has 1 aromatic heterocycles.